The average Bonchev–Trinajstić information content (AvgIpc) is 3.23. The quantitative estimate of drug-likeness (QED) is 0.692. The molecule has 0 saturated heterocycles. The third kappa shape index (κ3) is 3.29. The molecule has 7 nitrogen and oxygen atoms in total. The molecular weight excluding hydrogens is 358 g/mol. The predicted molar refractivity (Wildman–Crippen MR) is 99.5 cm³/mol. The minimum Gasteiger partial charge on any atom is -0.359 e. The van der Waals surface area contributed by atoms with E-state index in [0.29, 0.717) is 16.9 Å². The number of carbonyl (C=O) groups is 3. The number of aryl methyl sites for hydroxylation is 1. The van der Waals surface area contributed by atoms with Crippen molar-refractivity contribution in [3.8, 4) is 0 Å². The standard InChI is InChI=1S/C21H17N3O4/c1-13-9-16(28-23-13)11-22-19(25)15-7-8-17-18(10-15)21(27)24(20(17)26)12-14-5-3-2-4-6-14/h2-10H,11-12H2,1H3,(H,22,25). The van der Waals surface area contributed by atoms with E-state index < -0.39 is 5.91 Å². The summed E-state index contributed by atoms with van der Waals surface area (Å²) in [4.78, 5) is 38.9. The largest absolute Gasteiger partial charge is 0.359 e. The van der Waals surface area contributed by atoms with E-state index in [0.717, 1.165) is 11.3 Å². The molecule has 0 fully saturated rings. The minimum absolute atomic E-state index is 0.184. The summed E-state index contributed by atoms with van der Waals surface area (Å²) in [5, 5.41) is 6.48. The second-order valence-corrected chi connectivity index (χ2v) is 6.56. The number of nitrogens with one attached hydrogen (secondary N) is 1. The Bertz CT molecular complexity index is 1070. The molecule has 1 aromatic heterocycles. The SMILES string of the molecule is Cc1cc(CNC(=O)c2ccc3c(c2)C(=O)N(Cc2ccccc2)C3=O)on1. The fraction of sp³-hybridized carbons (Fsp3) is 0.143. The lowest BCUT2D eigenvalue weighted by molar-refractivity contribution is 0.0642. The van der Waals surface area contributed by atoms with Gasteiger partial charge in [-0.2, -0.15) is 0 Å². The van der Waals surface area contributed by atoms with Gasteiger partial charge < -0.3 is 9.84 Å². The van der Waals surface area contributed by atoms with E-state index in [1.165, 1.54) is 23.1 Å². The number of hydrogen-bond donors (Lipinski definition) is 1. The van der Waals surface area contributed by atoms with Gasteiger partial charge in [-0.3, -0.25) is 19.3 Å². The van der Waals surface area contributed by atoms with Gasteiger partial charge >= 0.3 is 0 Å². The predicted octanol–water partition coefficient (Wildman–Crippen LogP) is 2.71. The number of rotatable bonds is 5. The average molecular weight is 375 g/mol. The Hall–Kier alpha value is -3.74. The van der Waals surface area contributed by atoms with Crippen molar-refractivity contribution in [3.63, 3.8) is 0 Å². The van der Waals surface area contributed by atoms with Gasteiger partial charge in [-0.25, -0.2) is 0 Å². The van der Waals surface area contributed by atoms with E-state index in [-0.39, 0.29) is 30.5 Å². The summed E-state index contributed by atoms with van der Waals surface area (Å²) in [6.45, 7) is 2.17. The van der Waals surface area contributed by atoms with Crippen molar-refractivity contribution < 1.29 is 18.9 Å². The van der Waals surface area contributed by atoms with Crippen LogP contribution in [0.2, 0.25) is 0 Å². The van der Waals surface area contributed by atoms with Crippen LogP contribution in [0.1, 0.15) is 48.1 Å². The van der Waals surface area contributed by atoms with Crippen LogP contribution in [0.5, 0.6) is 0 Å². The number of aromatic nitrogens is 1. The summed E-state index contributed by atoms with van der Waals surface area (Å²) in [6, 6.07) is 15.5. The Morgan fingerprint density at radius 1 is 1.04 bits per heavy atom. The first-order valence-electron chi connectivity index (χ1n) is 8.77. The zero-order valence-electron chi connectivity index (χ0n) is 15.1. The van der Waals surface area contributed by atoms with Crippen molar-refractivity contribution in [1.29, 1.82) is 0 Å². The first-order valence-corrected chi connectivity index (χ1v) is 8.77. The van der Waals surface area contributed by atoms with Crippen LogP contribution in [0, 0.1) is 6.92 Å². The second-order valence-electron chi connectivity index (χ2n) is 6.56. The van der Waals surface area contributed by atoms with E-state index >= 15 is 0 Å². The summed E-state index contributed by atoms with van der Waals surface area (Å²) in [7, 11) is 0. The smallest absolute Gasteiger partial charge is 0.261 e. The molecular formula is C21H17N3O4. The van der Waals surface area contributed by atoms with Crippen molar-refractivity contribution in [2.75, 3.05) is 0 Å². The van der Waals surface area contributed by atoms with Crippen LogP contribution in [0.25, 0.3) is 0 Å². The Kier molecular flexibility index (Phi) is 4.49. The number of benzene rings is 2. The van der Waals surface area contributed by atoms with E-state index in [9.17, 15) is 14.4 Å². The first kappa shape index (κ1) is 17.7. The maximum Gasteiger partial charge on any atom is 0.261 e. The van der Waals surface area contributed by atoms with Crippen LogP contribution in [0.3, 0.4) is 0 Å². The molecule has 1 aliphatic rings. The molecule has 1 aliphatic heterocycles. The molecule has 7 heteroatoms. The van der Waals surface area contributed by atoms with Crippen LogP contribution in [-0.4, -0.2) is 27.8 Å². The van der Waals surface area contributed by atoms with E-state index in [2.05, 4.69) is 10.5 Å². The van der Waals surface area contributed by atoms with Crippen LogP contribution >= 0.6 is 0 Å². The number of nitrogens with zero attached hydrogens (tertiary/aromatic N) is 2. The Labute approximate surface area is 160 Å². The van der Waals surface area contributed by atoms with Gasteiger partial charge in [0.05, 0.1) is 29.9 Å². The van der Waals surface area contributed by atoms with Gasteiger partial charge in [0, 0.05) is 11.6 Å². The molecule has 0 atom stereocenters. The molecule has 1 N–H and O–H groups in total. The summed E-state index contributed by atoms with van der Waals surface area (Å²) in [5.41, 5.74) is 2.44. The number of carbonyl (C=O) groups excluding carboxylic acids is 3. The minimum atomic E-state index is -0.399. The van der Waals surface area contributed by atoms with Gasteiger partial charge in [0.25, 0.3) is 17.7 Å². The zero-order valence-corrected chi connectivity index (χ0v) is 15.1. The van der Waals surface area contributed by atoms with Gasteiger partial charge in [0.2, 0.25) is 0 Å². The molecule has 0 saturated carbocycles. The van der Waals surface area contributed by atoms with Gasteiger partial charge in [0.1, 0.15) is 0 Å². The molecule has 2 aromatic carbocycles. The highest BCUT2D eigenvalue weighted by atomic mass is 16.5. The molecule has 2 heterocycles. The molecule has 0 spiro atoms. The van der Waals surface area contributed by atoms with Gasteiger partial charge in [0.15, 0.2) is 5.76 Å². The molecule has 28 heavy (non-hydrogen) atoms. The third-order valence-corrected chi connectivity index (χ3v) is 4.52. The van der Waals surface area contributed by atoms with Crippen molar-refractivity contribution in [1.82, 2.24) is 15.4 Å². The maximum atomic E-state index is 12.7. The molecule has 3 aromatic rings. The van der Waals surface area contributed by atoms with Gasteiger partial charge in [-0.15, -0.1) is 0 Å². The van der Waals surface area contributed by atoms with Crippen LogP contribution < -0.4 is 5.32 Å². The van der Waals surface area contributed by atoms with E-state index in [4.69, 9.17) is 4.52 Å². The van der Waals surface area contributed by atoms with Crippen LogP contribution in [0.15, 0.2) is 59.1 Å². The molecule has 0 radical (unpaired) electrons. The Morgan fingerprint density at radius 3 is 2.50 bits per heavy atom. The molecule has 3 amide bonds. The van der Waals surface area contributed by atoms with Crippen molar-refractivity contribution in [3.05, 3.63) is 88.3 Å². The summed E-state index contributed by atoms with van der Waals surface area (Å²) in [6.07, 6.45) is 0. The normalized spacial score (nSPS) is 13.0. The molecule has 0 aliphatic carbocycles. The van der Waals surface area contributed by atoms with Crippen LogP contribution in [-0.2, 0) is 13.1 Å². The first-order chi connectivity index (χ1) is 13.5. The number of fused-ring (bicyclic) bond motifs is 1. The third-order valence-electron chi connectivity index (χ3n) is 4.52. The maximum absolute atomic E-state index is 12.7. The fourth-order valence-electron chi connectivity index (χ4n) is 3.11. The van der Waals surface area contributed by atoms with Crippen molar-refractivity contribution in [2.24, 2.45) is 0 Å². The van der Waals surface area contributed by atoms with Crippen LogP contribution in [0.4, 0.5) is 0 Å². The van der Waals surface area contributed by atoms with Gasteiger partial charge in [-0.1, -0.05) is 35.5 Å². The Morgan fingerprint density at radius 2 is 1.79 bits per heavy atom. The Balaban J connectivity index is 1.50. The molecule has 140 valence electrons. The molecule has 0 bridgehead atoms. The second kappa shape index (κ2) is 7.11. The monoisotopic (exact) mass is 375 g/mol. The number of amides is 3. The van der Waals surface area contributed by atoms with E-state index in [1.807, 2.05) is 30.3 Å². The van der Waals surface area contributed by atoms with Gasteiger partial charge in [-0.05, 0) is 30.7 Å². The lowest BCUT2D eigenvalue weighted by atomic mass is 10.1. The highest BCUT2D eigenvalue weighted by molar-refractivity contribution is 6.22. The highest BCUT2D eigenvalue weighted by Crippen LogP contribution is 2.25. The highest BCUT2D eigenvalue weighted by Gasteiger charge is 2.35. The lowest BCUT2D eigenvalue weighted by Crippen LogP contribution is -2.29. The number of imide groups is 1. The van der Waals surface area contributed by atoms with E-state index in [1.54, 1.807) is 13.0 Å². The zero-order chi connectivity index (χ0) is 19.7. The molecule has 0 unspecified atom stereocenters. The summed E-state index contributed by atoms with van der Waals surface area (Å²) < 4.78 is 5.06. The van der Waals surface area contributed by atoms with Crippen molar-refractivity contribution >= 4 is 17.7 Å². The summed E-state index contributed by atoms with van der Waals surface area (Å²) >= 11 is 0. The lowest BCUT2D eigenvalue weighted by Gasteiger charge is -2.13. The molecule has 4 rings (SSSR count). The summed E-state index contributed by atoms with van der Waals surface area (Å²) in [5.74, 6) is -0.580. The topological polar surface area (TPSA) is 92.5 Å². The number of hydrogen-bond acceptors (Lipinski definition) is 5. The fourth-order valence-corrected chi connectivity index (χ4v) is 3.11. The van der Waals surface area contributed by atoms with Crippen molar-refractivity contribution in [2.45, 2.75) is 20.0 Å².